The van der Waals surface area contributed by atoms with Crippen molar-refractivity contribution in [3.63, 3.8) is 0 Å². The first-order chi connectivity index (χ1) is 14.0. The van der Waals surface area contributed by atoms with Gasteiger partial charge in [0.25, 0.3) is 5.91 Å². The van der Waals surface area contributed by atoms with Gasteiger partial charge in [-0.15, -0.1) is 0 Å². The number of H-pyrrole nitrogens is 1. The van der Waals surface area contributed by atoms with E-state index >= 15 is 0 Å². The Morgan fingerprint density at radius 2 is 2.23 bits per heavy atom. The lowest BCUT2D eigenvalue weighted by molar-refractivity contribution is -0.141. The third-order valence-corrected chi connectivity index (χ3v) is 7.36. The minimum atomic E-state index is -4.47. The highest BCUT2D eigenvalue weighted by Crippen LogP contribution is 2.34. The van der Waals surface area contributed by atoms with Gasteiger partial charge >= 0.3 is 6.18 Å². The van der Waals surface area contributed by atoms with Gasteiger partial charge in [-0.2, -0.15) is 13.2 Å². The summed E-state index contributed by atoms with van der Waals surface area (Å²) in [6.45, 7) is 1.25. The molecule has 1 aromatic heterocycles. The second-order valence-corrected chi connectivity index (χ2v) is 10.3. The molecule has 4 heterocycles. The molecule has 30 heavy (non-hydrogen) atoms. The molecule has 0 saturated carbocycles. The lowest BCUT2D eigenvalue weighted by atomic mass is 9.88. The number of alkyl halides is 3. The minimum Gasteiger partial charge on any atom is -0.387 e. The molecule has 2 saturated heterocycles. The molecular formula is C17H22F3N5O4S. The highest BCUT2D eigenvalue weighted by atomic mass is 32.2. The van der Waals surface area contributed by atoms with Crippen LogP contribution in [0.25, 0.3) is 0 Å². The van der Waals surface area contributed by atoms with E-state index in [1.165, 1.54) is 0 Å². The molecule has 1 aromatic rings. The third-order valence-electron chi connectivity index (χ3n) is 5.59. The molecular weight excluding hydrogens is 427 g/mol. The van der Waals surface area contributed by atoms with Gasteiger partial charge in [0.1, 0.15) is 17.2 Å². The number of sulfone groups is 1. The quantitative estimate of drug-likeness (QED) is 0.704. The SMILES string of the molecule is O=C(N[C@H]1CCS(=O)(=O)C1)C1=NO[C@@]2(CCCN(Cc3ncc(C(F)(F)F)[nH]3)C2)C1. The molecule has 0 bridgehead atoms. The number of nitrogens with one attached hydrogen (secondary N) is 2. The Kier molecular flexibility index (Phi) is 5.29. The summed E-state index contributed by atoms with van der Waals surface area (Å²) < 4.78 is 61.3. The zero-order chi connectivity index (χ0) is 21.6. The topological polar surface area (TPSA) is 117 Å². The number of rotatable bonds is 4. The number of carbonyl (C=O) groups is 1. The maximum atomic E-state index is 12.7. The first kappa shape index (κ1) is 21.1. The lowest BCUT2D eigenvalue weighted by Gasteiger charge is -2.37. The first-order valence-electron chi connectivity index (χ1n) is 9.63. The Hall–Kier alpha value is -2.15. The van der Waals surface area contributed by atoms with E-state index < -0.39 is 39.3 Å². The van der Waals surface area contributed by atoms with Crippen molar-refractivity contribution >= 4 is 21.5 Å². The number of piperidine rings is 1. The van der Waals surface area contributed by atoms with Crippen molar-refractivity contribution in [3.8, 4) is 0 Å². The van der Waals surface area contributed by atoms with E-state index in [2.05, 4.69) is 20.4 Å². The van der Waals surface area contributed by atoms with Gasteiger partial charge in [0.2, 0.25) is 0 Å². The molecule has 9 nitrogen and oxygen atoms in total. The Morgan fingerprint density at radius 3 is 2.90 bits per heavy atom. The summed E-state index contributed by atoms with van der Waals surface area (Å²) in [5, 5.41) is 6.63. The van der Waals surface area contributed by atoms with E-state index in [-0.39, 0.29) is 36.0 Å². The van der Waals surface area contributed by atoms with Crippen LogP contribution in [0.3, 0.4) is 0 Å². The zero-order valence-corrected chi connectivity index (χ0v) is 16.9. The number of carbonyl (C=O) groups excluding carboxylic acids is 1. The van der Waals surface area contributed by atoms with Gasteiger partial charge in [-0.25, -0.2) is 13.4 Å². The van der Waals surface area contributed by atoms with Gasteiger partial charge in [-0.1, -0.05) is 5.16 Å². The van der Waals surface area contributed by atoms with E-state index in [1.54, 1.807) is 0 Å². The number of imidazole rings is 1. The number of halogens is 3. The van der Waals surface area contributed by atoms with Crippen molar-refractivity contribution in [1.82, 2.24) is 20.2 Å². The largest absolute Gasteiger partial charge is 0.432 e. The number of hydrogen-bond acceptors (Lipinski definition) is 7. The summed E-state index contributed by atoms with van der Waals surface area (Å²) in [5.74, 6) is -0.247. The molecule has 3 aliphatic heterocycles. The fourth-order valence-electron chi connectivity index (χ4n) is 4.16. The average Bonchev–Trinajstić information content (AvgIpc) is 3.34. The molecule has 166 valence electrons. The average molecular weight is 449 g/mol. The summed E-state index contributed by atoms with van der Waals surface area (Å²) in [5.41, 5.74) is -1.40. The van der Waals surface area contributed by atoms with Crippen LogP contribution in [0.1, 0.15) is 37.2 Å². The molecule has 2 N–H and O–H groups in total. The van der Waals surface area contributed by atoms with Crippen molar-refractivity contribution in [2.45, 2.75) is 50.0 Å². The predicted molar refractivity (Wildman–Crippen MR) is 99.2 cm³/mol. The fraction of sp³-hybridized carbons (Fsp3) is 0.706. The summed E-state index contributed by atoms with van der Waals surface area (Å²) in [6, 6.07) is -0.425. The molecule has 2 atom stereocenters. The summed E-state index contributed by atoms with van der Waals surface area (Å²) in [6.07, 6.45) is -1.66. The van der Waals surface area contributed by atoms with Crippen molar-refractivity contribution in [2.24, 2.45) is 5.16 Å². The Morgan fingerprint density at radius 1 is 1.43 bits per heavy atom. The summed E-state index contributed by atoms with van der Waals surface area (Å²) in [4.78, 5) is 26.1. The number of aromatic nitrogens is 2. The maximum Gasteiger partial charge on any atom is 0.432 e. The van der Waals surface area contributed by atoms with Gasteiger partial charge < -0.3 is 15.1 Å². The molecule has 13 heteroatoms. The molecule has 3 aliphatic rings. The van der Waals surface area contributed by atoms with Crippen molar-refractivity contribution in [3.05, 3.63) is 17.7 Å². The number of oxime groups is 1. The highest BCUT2D eigenvalue weighted by Gasteiger charge is 2.45. The zero-order valence-electron chi connectivity index (χ0n) is 16.0. The maximum absolute atomic E-state index is 12.7. The molecule has 0 unspecified atom stereocenters. The molecule has 0 radical (unpaired) electrons. The smallest absolute Gasteiger partial charge is 0.387 e. The van der Waals surface area contributed by atoms with E-state index in [0.29, 0.717) is 25.9 Å². The van der Waals surface area contributed by atoms with Crippen molar-refractivity contribution in [1.29, 1.82) is 0 Å². The van der Waals surface area contributed by atoms with Crippen LogP contribution in [0.2, 0.25) is 0 Å². The van der Waals surface area contributed by atoms with Gasteiger partial charge in [0.05, 0.1) is 24.2 Å². The number of likely N-dealkylation sites (tertiary alicyclic amines) is 1. The molecule has 2 fully saturated rings. The summed E-state index contributed by atoms with van der Waals surface area (Å²) in [7, 11) is -3.11. The Bertz CT molecular complexity index is 961. The lowest BCUT2D eigenvalue weighted by Crippen LogP contribution is -2.49. The molecule has 1 spiro atoms. The van der Waals surface area contributed by atoms with Crippen LogP contribution in [0.15, 0.2) is 11.4 Å². The van der Waals surface area contributed by atoms with Crippen LogP contribution >= 0.6 is 0 Å². The minimum absolute atomic E-state index is 0.0582. The van der Waals surface area contributed by atoms with Crippen LogP contribution in [0, 0.1) is 0 Å². The molecule has 1 amide bonds. The number of aromatic amines is 1. The van der Waals surface area contributed by atoms with E-state index in [1.807, 2.05) is 4.90 Å². The number of hydrogen-bond donors (Lipinski definition) is 2. The molecule has 0 aromatic carbocycles. The van der Waals surface area contributed by atoms with Gasteiger partial charge in [0.15, 0.2) is 15.4 Å². The van der Waals surface area contributed by atoms with Crippen molar-refractivity contribution in [2.75, 3.05) is 24.6 Å². The van der Waals surface area contributed by atoms with Crippen LogP contribution < -0.4 is 5.32 Å². The van der Waals surface area contributed by atoms with Gasteiger partial charge in [-0.3, -0.25) is 9.69 Å². The predicted octanol–water partition coefficient (Wildman–Crippen LogP) is 0.843. The van der Waals surface area contributed by atoms with Crippen LogP contribution in [0.4, 0.5) is 13.2 Å². The monoisotopic (exact) mass is 449 g/mol. The van der Waals surface area contributed by atoms with Gasteiger partial charge in [-0.05, 0) is 25.8 Å². The van der Waals surface area contributed by atoms with Crippen LogP contribution in [-0.4, -0.2) is 71.1 Å². The van der Waals surface area contributed by atoms with E-state index in [9.17, 15) is 26.4 Å². The highest BCUT2D eigenvalue weighted by molar-refractivity contribution is 7.91. The van der Waals surface area contributed by atoms with E-state index in [4.69, 9.17) is 4.84 Å². The third kappa shape index (κ3) is 4.61. The van der Waals surface area contributed by atoms with Gasteiger partial charge in [0, 0.05) is 19.0 Å². The first-order valence-corrected chi connectivity index (χ1v) is 11.5. The number of amides is 1. The second-order valence-electron chi connectivity index (χ2n) is 8.12. The van der Waals surface area contributed by atoms with E-state index in [0.717, 1.165) is 12.6 Å². The Labute approximate surface area is 171 Å². The second kappa shape index (κ2) is 7.52. The summed E-state index contributed by atoms with van der Waals surface area (Å²) >= 11 is 0. The molecule has 4 rings (SSSR count). The van der Waals surface area contributed by atoms with Crippen LogP contribution in [-0.2, 0) is 32.2 Å². The van der Waals surface area contributed by atoms with Crippen molar-refractivity contribution < 1.29 is 31.2 Å². The standard InChI is InChI=1S/C17H22F3N5O4S/c18-17(19,20)13-7-21-14(23-13)8-25-4-1-3-16(10-25)6-12(24-29-16)15(26)22-11-2-5-30(27,28)9-11/h7,11H,1-6,8-10H2,(H,21,23)(H,22,26)/t11-,16-/m0/s1. The molecule has 0 aliphatic carbocycles. The Balaban J connectivity index is 1.33. The number of nitrogens with zero attached hydrogens (tertiary/aromatic N) is 3. The van der Waals surface area contributed by atoms with Crippen LogP contribution in [0.5, 0.6) is 0 Å². The normalized spacial score (nSPS) is 29.0. The fourth-order valence-corrected chi connectivity index (χ4v) is 5.84.